The van der Waals surface area contributed by atoms with Crippen molar-refractivity contribution in [2.75, 3.05) is 69.1 Å². The third-order valence-electron chi connectivity index (χ3n) is 8.51. The first-order valence-electron chi connectivity index (χ1n) is 16.5. The van der Waals surface area contributed by atoms with E-state index in [-0.39, 0.29) is 5.91 Å². The van der Waals surface area contributed by atoms with E-state index < -0.39 is 0 Å². The van der Waals surface area contributed by atoms with Crippen molar-refractivity contribution in [3.63, 3.8) is 0 Å². The number of aliphatic imine (C=N–C) groups is 1. The Labute approximate surface area is 266 Å². The van der Waals surface area contributed by atoms with Gasteiger partial charge in [-0.05, 0) is 69.6 Å². The van der Waals surface area contributed by atoms with E-state index >= 15 is 0 Å². The number of piperazine rings is 1. The fourth-order valence-electron chi connectivity index (χ4n) is 5.98. The number of benzene rings is 2. The zero-order valence-corrected chi connectivity index (χ0v) is 26.3. The molecule has 0 bridgehead atoms. The van der Waals surface area contributed by atoms with Crippen molar-refractivity contribution < 1.29 is 4.79 Å². The van der Waals surface area contributed by atoms with Crippen LogP contribution in [0, 0.1) is 0 Å². The van der Waals surface area contributed by atoms with Gasteiger partial charge >= 0.3 is 0 Å². The summed E-state index contributed by atoms with van der Waals surface area (Å²) < 4.78 is 0. The van der Waals surface area contributed by atoms with E-state index in [0.717, 1.165) is 60.8 Å². The van der Waals surface area contributed by atoms with Crippen LogP contribution >= 0.6 is 0 Å². The highest BCUT2D eigenvalue weighted by Gasteiger charge is 2.24. The minimum absolute atomic E-state index is 0.0642. The minimum atomic E-state index is 0.0642. The molecule has 2 aromatic carbocycles. The third kappa shape index (κ3) is 9.70. The van der Waals surface area contributed by atoms with E-state index in [1.54, 1.807) is 6.21 Å². The lowest BCUT2D eigenvalue weighted by molar-refractivity contribution is 0.0746. The number of aromatic nitrogens is 2. The number of carbonyl (C=O) groups is 1. The molecule has 0 unspecified atom stereocenters. The van der Waals surface area contributed by atoms with E-state index in [1.165, 1.54) is 32.1 Å². The van der Waals surface area contributed by atoms with E-state index in [0.29, 0.717) is 50.9 Å². The summed E-state index contributed by atoms with van der Waals surface area (Å²) in [7, 11) is 0. The average molecular weight is 613 g/mol. The molecule has 11 nitrogen and oxygen atoms in total. The molecule has 1 aliphatic heterocycles. The Kier molecular flexibility index (Phi) is 12.5. The van der Waals surface area contributed by atoms with Gasteiger partial charge in [0.2, 0.25) is 5.95 Å². The Morgan fingerprint density at radius 2 is 1.67 bits per heavy atom. The smallest absolute Gasteiger partial charge is 0.253 e. The molecule has 0 radical (unpaired) electrons. The van der Waals surface area contributed by atoms with Crippen LogP contribution in [0.4, 0.5) is 11.8 Å². The number of hydrogen-bond donors (Lipinski definition) is 4. The van der Waals surface area contributed by atoms with Crippen LogP contribution < -0.4 is 26.7 Å². The topological polar surface area (TPSA) is 136 Å². The van der Waals surface area contributed by atoms with Crippen LogP contribution in [0.15, 0.2) is 64.7 Å². The van der Waals surface area contributed by atoms with Gasteiger partial charge in [0.15, 0.2) is 0 Å². The predicted molar refractivity (Wildman–Crippen MR) is 185 cm³/mol. The number of nitrogens with one attached hydrogen (secondary N) is 3. The number of para-hydroxylation sites is 1. The lowest BCUT2D eigenvalue weighted by atomic mass is 9.95. The Morgan fingerprint density at radius 1 is 0.911 bits per heavy atom. The van der Waals surface area contributed by atoms with E-state index in [1.807, 2.05) is 59.5 Å². The van der Waals surface area contributed by atoms with Gasteiger partial charge < -0.3 is 31.6 Å². The van der Waals surface area contributed by atoms with Crippen molar-refractivity contribution in [1.29, 1.82) is 0 Å². The molecule has 0 atom stereocenters. The number of nitrogens with zero attached hydrogens (tertiary/aromatic N) is 6. The van der Waals surface area contributed by atoms with Crippen LogP contribution in [0.25, 0.3) is 10.9 Å². The van der Waals surface area contributed by atoms with Gasteiger partial charge in [-0.3, -0.25) is 9.79 Å². The third-order valence-corrected chi connectivity index (χ3v) is 8.51. The van der Waals surface area contributed by atoms with Gasteiger partial charge in [0.05, 0.1) is 17.8 Å². The van der Waals surface area contributed by atoms with E-state index in [9.17, 15) is 4.79 Å². The number of rotatable bonds is 15. The number of hydrazone groups is 1. The molecule has 2 aliphatic rings. The summed E-state index contributed by atoms with van der Waals surface area (Å²) >= 11 is 0. The minimum Gasteiger partial charge on any atom is -0.352 e. The quantitative estimate of drug-likeness (QED) is 0.0884. The van der Waals surface area contributed by atoms with Gasteiger partial charge in [-0.1, -0.05) is 49.6 Å². The van der Waals surface area contributed by atoms with Crippen LogP contribution in [0.2, 0.25) is 0 Å². The van der Waals surface area contributed by atoms with Gasteiger partial charge in [-0.2, -0.15) is 10.1 Å². The average Bonchev–Trinajstić information content (AvgIpc) is 3.10. The second kappa shape index (κ2) is 17.4. The van der Waals surface area contributed by atoms with E-state index in [4.69, 9.17) is 15.8 Å². The lowest BCUT2D eigenvalue weighted by Gasteiger charge is -2.36. The summed E-state index contributed by atoms with van der Waals surface area (Å²) in [4.78, 5) is 31.2. The van der Waals surface area contributed by atoms with E-state index in [2.05, 4.69) is 30.9 Å². The molecule has 5 rings (SSSR count). The summed E-state index contributed by atoms with van der Waals surface area (Å²) in [6.07, 6.45) is 10.7. The highest BCUT2D eigenvalue weighted by atomic mass is 16.2. The molecule has 1 saturated heterocycles. The molecule has 0 spiro atoms. The molecule has 45 heavy (non-hydrogen) atoms. The molecule has 2 heterocycles. The molecule has 1 aromatic heterocycles. The Morgan fingerprint density at radius 3 is 2.47 bits per heavy atom. The molecule has 5 N–H and O–H groups in total. The molecular formula is C34H48N10O. The Bertz CT molecular complexity index is 1400. The molecule has 11 heteroatoms. The van der Waals surface area contributed by atoms with Crippen LogP contribution in [-0.2, 0) is 0 Å². The Hall–Kier alpha value is -4.09. The molecular weight excluding hydrogens is 564 g/mol. The van der Waals surface area contributed by atoms with Crippen LogP contribution in [0.5, 0.6) is 0 Å². The number of amides is 1. The van der Waals surface area contributed by atoms with Crippen molar-refractivity contribution in [3.05, 3.63) is 60.2 Å². The first-order valence-corrected chi connectivity index (χ1v) is 16.5. The van der Waals surface area contributed by atoms with Crippen molar-refractivity contribution in [2.45, 2.75) is 51.0 Å². The highest BCUT2D eigenvalue weighted by molar-refractivity contribution is 6.32. The largest absolute Gasteiger partial charge is 0.352 e. The Balaban J connectivity index is 1.06. The normalized spacial score (nSPS) is 16.5. The SMILES string of the molecule is NN=C(C=NCCCNCCCNC1CCCCC1)CNc1nc(N2CCN(C(=O)c3ccccc3)CC2)c2ccccc2n1. The highest BCUT2D eigenvalue weighted by Crippen LogP contribution is 2.26. The molecule has 1 aliphatic carbocycles. The fraction of sp³-hybridized carbons (Fsp3) is 0.500. The maximum atomic E-state index is 12.9. The second-order valence-electron chi connectivity index (χ2n) is 11.8. The van der Waals surface area contributed by atoms with Crippen molar-refractivity contribution in [2.24, 2.45) is 15.9 Å². The summed E-state index contributed by atoms with van der Waals surface area (Å²) in [5.41, 5.74) is 2.20. The lowest BCUT2D eigenvalue weighted by Crippen LogP contribution is -2.49. The van der Waals surface area contributed by atoms with Gasteiger partial charge in [-0.15, -0.1) is 0 Å². The van der Waals surface area contributed by atoms with Crippen LogP contribution in [0.3, 0.4) is 0 Å². The maximum absolute atomic E-state index is 12.9. The number of fused-ring (bicyclic) bond motifs is 1. The summed E-state index contributed by atoms with van der Waals surface area (Å²) in [5.74, 6) is 7.09. The standard InChI is InChI=1S/C34H48N10O/c35-42-29(25-37-19-9-17-36-18-10-20-38-28-13-5-2-6-14-28)26-39-34-40-31-16-8-7-15-30(31)32(41-34)43-21-23-44(24-22-43)33(45)27-11-3-1-4-12-27/h1,3-4,7-8,11-12,15-16,25,28,36,38H,2,5-6,9-10,13-14,17-24,26,35H2,(H,39,40,41). The number of carbonyl (C=O) groups excluding carboxylic acids is 1. The van der Waals surface area contributed by atoms with Crippen molar-refractivity contribution >= 4 is 40.5 Å². The monoisotopic (exact) mass is 612 g/mol. The van der Waals surface area contributed by atoms with Crippen molar-refractivity contribution in [1.82, 2.24) is 25.5 Å². The molecule has 3 aromatic rings. The molecule has 1 saturated carbocycles. The van der Waals surface area contributed by atoms with Crippen molar-refractivity contribution in [3.8, 4) is 0 Å². The molecule has 240 valence electrons. The maximum Gasteiger partial charge on any atom is 0.253 e. The second-order valence-corrected chi connectivity index (χ2v) is 11.8. The number of hydrogen-bond acceptors (Lipinski definition) is 10. The van der Waals surface area contributed by atoms with Gasteiger partial charge in [0.25, 0.3) is 5.91 Å². The number of nitrogens with two attached hydrogens (primary N) is 1. The first-order chi connectivity index (χ1) is 22.2. The summed E-state index contributed by atoms with van der Waals surface area (Å²) in [5, 5.41) is 15.4. The first kappa shape index (κ1) is 32.3. The predicted octanol–water partition coefficient (Wildman–Crippen LogP) is 3.68. The van der Waals surface area contributed by atoms with Crippen LogP contribution in [0.1, 0.15) is 55.3 Å². The van der Waals surface area contributed by atoms with Crippen LogP contribution in [-0.4, -0.2) is 97.6 Å². The zero-order chi connectivity index (χ0) is 31.1. The van der Waals surface area contributed by atoms with Gasteiger partial charge in [0.1, 0.15) is 5.82 Å². The fourth-order valence-corrected chi connectivity index (χ4v) is 5.98. The summed E-state index contributed by atoms with van der Waals surface area (Å²) in [6, 6.07) is 18.2. The summed E-state index contributed by atoms with van der Waals surface area (Å²) in [6.45, 7) is 6.76. The van der Waals surface area contributed by atoms with Gasteiger partial charge in [0, 0.05) is 55.9 Å². The van der Waals surface area contributed by atoms with Gasteiger partial charge in [-0.25, -0.2) is 4.98 Å². The molecule has 1 amide bonds. The number of anilines is 2. The zero-order valence-electron chi connectivity index (χ0n) is 26.3. The molecule has 2 fully saturated rings.